The number of benzene rings is 1. The van der Waals surface area contributed by atoms with Gasteiger partial charge in [-0.2, -0.15) is 5.26 Å². The van der Waals surface area contributed by atoms with Gasteiger partial charge < -0.3 is 9.64 Å². The quantitative estimate of drug-likeness (QED) is 0.844. The third-order valence-electron chi connectivity index (χ3n) is 3.38. The Bertz CT molecular complexity index is 470. The highest BCUT2D eigenvalue weighted by Crippen LogP contribution is 2.29. The summed E-state index contributed by atoms with van der Waals surface area (Å²) in [6.45, 7) is 4.72. The van der Waals surface area contributed by atoms with Gasteiger partial charge in [0.1, 0.15) is 6.07 Å². The topological polar surface area (TPSA) is 36.3 Å². The first-order chi connectivity index (χ1) is 9.26. The highest BCUT2D eigenvalue weighted by atomic mass is 35.5. The standard InChI is InChI=1S/C15H19ClN2O/c1-2-9-19-12-5-4-8-18(11-12)15-7-3-6-14(16)13(15)10-17/h3,6-7,12H,2,4-5,8-9,11H2,1H3. The summed E-state index contributed by atoms with van der Waals surface area (Å²) < 4.78 is 5.83. The lowest BCUT2D eigenvalue weighted by Gasteiger charge is -2.34. The Morgan fingerprint density at radius 3 is 3.11 bits per heavy atom. The van der Waals surface area contributed by atoms with Crippen LogP contribution >= 0.6 is 11.6 Å². The Kier molecular flexibility index (Phi) is 5.07. The van der Waals surface area contributed by atoms with Crippen LogP contribution in [0.3, 0.4) is 0 Å². The van der Waals surface area contributed by atoms with Crippen LogP contribution in [0.4, 0.5) is 5.69 Å². The average Bonchev–Trinajstić information content (AvgIpc) is 2.45. The van der Waals surface area contributed by atoms with Crippen molar-refractivity contribution < 1.29 is 4.74 Å². The van der Waals surface area contributed by atoms with E-state index in [1.807, 2.05) is 12.1 Å². The minimum Gasteiger partial charge on any atom is -0.376 e. The number of ether oxygens (including phenoxy) is 1. The van der Waals surface area contributed by atoms with E-state index in [1.165, 1.54) is 0 Å². The molecule has 4 heteroatoms. The summed E-state index contributed by atoms with van der Waals surface area (Å²) in [6, 6.07) is 7.83. The van der Waals surface area contributed by atoms with Crippen LogP contribution in [-0.4, -0.2) is 25.8 Å². The van der Waals surface area contributed by atoms with Gasteiger partial charge in [0.2, 0.25) is 0 Å². The second kappa shape index (κ2) is 6.79. The molecule has 1 aromatic rings. The molecule has 1 atom stereocenters. The maximum atomic E-state index is 9.24. The second-order valence-corrected chi connectivity index (χ2v) is 5.23. The molecule has 1 saturated heterocycles. The Hall–Kier alpha value is -1.24. The van der Waals surface area contributed by atoms with Gasteiger partial charge in [-0.3, -0.25) is 0 Å². The molecule has 0 spiro atoms. The Labute approximate surface area is 119 Å². The van der Waals surface area contributed by atoms with E-state index in [0.29, 0.717) is 10.6 Å². The fraction of sp³-hybridized carbons (Fsp3) is 0.533. The molecule has 0 amide bonds. The van der Waals surface area contributed by atoms with Crippen LogP contribution in [-0.2, 0) is 4.74 Å². The van der Waals surface area contributed by atoms with Crippen molar-refractivity contribution in [3.8, 4) is 6.07 Å². The molecule has 1 unspecified atom stereocenters. The Balaban J connectivity index is 2.13. The smallest absolute Gasteiger partial charge is 0.103 e. The monoisotopic (exact) mass is 278 g/mol. The SMILES string of the molecule is CCCOC1CCCN(c2cccc(Cl)c2C#N)C1. The van der Waals surface area contributed by atoms with Crippen molar-refractivity contribution in [2.24, 2.45) is 0 Å². The number of hydrogen-bond donors (Lipinski definition) is 0. The first kappa shape index (κ1) is 14.2. The molecule has 0 aromatic heterocycles. The molecular weight excluding hydrogens is 260 g/mol. The fourth-order valence-electron chi connectivity index (χ4n) is 2.46. The molecule has 0 bridgehead atoms. The number of hydrogen-bond acceptors (Lipinski definition) is 3. The van der Waals surface area contributed by atoms with Gasteiger partial charge in [0.25, 0.3) is 0 Å². The van der Waals surface area contributed by atoms with Crippen molar-refractivity contribution in [2.45, 2.75) is 32.3 Å². The van der Waals surface area contributed by atoms with E-state index in [-0.39, 0.29) is 6.10 Å². The van der Waals surface area contributed by atoms with Gasteiger partial charge in [-0.15, -0.1) is 0 Å². The van der Waals surface area contributed by atoms with Gasteiger partial charge in [-0.05, 0) is 31.4 Å². The highest BCUT2D eigenvalue weighted by Gasteiger charge is 2.22. The maximum absolute atomic E-state index is 9.24. The van der Waals surface area contributed by atoms with Gasteiger partial charge in [0, 0.05) is 19.7 Å². The minimum absolute atomic E-state index is 0.263. The highest BCUT2D eigenvalue weighted by molar-refractivity contribution is 6.32. The zero-order chi connectivity index (χ0) is 13.7. The predicted molar refractivity (Wildman–Crippen MR) is 77.6 cm³/mol. The Morgan fingerprint density at radius 1 is 1.53 bits per heavy atom. The summed E-state index contributed by atoms with van der Waals surface area (Å²) >= 11 is 6.09. The van der Waals surface area contributed by atoms with Crippen molar-refractivity contribution in [1.29, 1.82) is 5.26 Å². The molecule has 102 valence electrons. The van der Waals surface area contributed by atoms with Gasteiger partial charge in [-0.25, -0.2) is 0 Å². The summed E-state index contributed by atoms with van der Waals surface area (Å²) in [6.07, 6.45) is 3.49. The minimum atomic E-state index is 0.263. The molecule has 2 rings (SSSR count). The zero-order valence-corrected chi connectivity index (χ0v) is 12.0. The van der Waals surface area contributed by atoms with E-state index >= 15 is 0 Å². The summed E-state index contributed by atoms with van der Waals surface area (Å²) in [7, 11) is 0. The number of halogens is 1. The molecule has 1 aliphatic rings. The maximum Gasteiger partial charge on any atom is 0.103 e. The van der Waals surface area contributed by atoms with Crippen LogP contribution in [0.2, 0.25) is 5.02 Å². The number of nitriles is 1. The van der Waals surface area contributed by atoms with E-state index in [4.69, 9.17) is 16.3 Å². The molecule has 1 heterocycles. The molecule has 3 nitrogen and oxygen atoms in total. The van der Waals surface area contributed by atoms with E-state index in [2.05, 4.69) is 17.9 Å². The van der Waals surface area contributed by atoms with Crippen LogP contribution in [0.5, 0.6) is 0 Å². The van der Waals surface area contributed by atoms with Crippen molar-refractivity contribution in [3.05, 3.63) is 28.8 Å². The zero-order valence-electron chi connectivity index (χ0n) is 11.2. The van der Waals surface area contributed by atoms with Gasteiger partial charge >= 0.3 is 0 Å². The van der Waals surface area contributed by atoms with Gasteiger partial charge in [-0.1, -0.05) is 24.6 Å². The Morgan fingerprint density at radius 2 is 2.37 bits per heavy atom. The molecule has 0 N–H and O–H groups in total. The lowest BCUT2D eigenvalue weighted by atomic mass is 10.1. The molecule has 0 radical (unpaired) electrons. The third-order valence-corrected chi connectivity index (χ3v) is 3.69. The summed E-state index contributed by atoms with van der Waals surface area (Å²) in [5, 5.41) is 9.77. The first-order valence-corrected chi connectivity index (χ1v) is 7.19. The van der Waals surface area contributed by atoms with E-state index < -0.39 is 0 Å². The van der Waals surface area contributed by atoms with Crippen LogP contribution in [0.25, 0.3) is 0 Å². The molecule has 1 aliphatic heterocycles. The molecule has 19 heavy (non-hydrogen) atoms. The molecular formula is C15H19ClN2O. The molecule has 0 aliphatic carbocycles. The number of piperidine rings is 1. The fourth-order valence-corrected chi connectivity index (χ4v) is 2.68. The molecule has 0 saturated carbocycles. The normalized spacial score (nSPS) is 19.2. The first-order valence-electron chi connectivity index (χ1n) is 6.81. The summed E-state index contributed by atoms with van der Waals surface area (Å²) in [4.78, 5) is 2.22. The van der Waals surface area contributed by atoms with Crippen LogP contribution in [0.1, 0.15) is 31.7 Å². The molecule has 1 aromatic carbocycles. The van der Waals surface area contributed by atoms with Crippen molar-refractivity contribution in [2.75, 3.05) is 24.6 Å². The number of anilines is 1. The van der Waals surface area contributed by atoms with Crippen molar-refractivity contribution in [3.63, 3.8) is 0 Å². The number of rotatable bonds is 4. The van der Waals surface area contributed by atoms with Crippen LogP contribution < -0.4 is 4.90 Å². The average molecular weight is 279 g/mol. The van der Waals surface area contributed by atoms with E-state index in [9.17, 15) is 5.26 Å². The van der Waals surface area contributed by atoms with Crippen molar-refractivity contribution in [1.82, 2.24) is 0 Å². The van der Waals surface area contributed by atoms with E-state index in [0.717, 1.165) is 44.6 Å². The lowest BCUT2D eigenvalue weighted by Crippen LogP contribution is -2.40. The van der Waals surface area contributed by atoms with Gasteiger partial charge in [0.05, 0.1) is 22.4 Å². The summed E-state index contributed by atoms with van der Waals surface area (Å²) in [5.74, 6) is 0. The van der Waals surface area contributed by atoms with Gasteiger partial charge in [0.15, 0.2) is 0 Å². The van der Waals surface area contributed by atoms with Crippen LogP contribution in [0.15, 0.2) is 18.2 Å². The van der Waals surface area contributed by atoms with Crippen LogP contribution in [0, 0.1) is 11.3 Å². The van der Waals surface area contributed by atoms with E-state index in [1.54, 1.807) is 6.07 Å². The lowest BCUT2D eigenvalue weighted by molar-refractivity contribution is 0.0440. The number of nitrogens with zero attached hydrogens (tertiary/aromatic N) is 2. The summed E-state index contributed by atoms with van der Waals surface area (Å²) in [5.41, 5.74) is 1.50. The second-order valence-electron chi connectivity index (χ2n) is 4.83. The third kappa shape index (κ3) is 3.40. The van der Waals surface area contributed by atoms with Crippen molar-refractivity contribution >= 4 is 17.3 Å². The largest absolute Gasteiger partial charge is 0.376 e. The molecule has 1 fully saturated rings. The predicted octanol–water partition coefficient (Wildman–Crippen LogP) is 3.61.